The smallest absolute Gasteiger partial charge is 0.224 e. The van der Waals surface area contributed by atoms with E-state index in [-0.39, 0.29) is 18.1 Å². The Hall–Kier alpha value is -2.53. The standard InChI is InChI=1S/C20H26N2O3/c1-15-4-2-5-16(12-15)6-3-10-22-20(24)14-17-7-8-19(18(23)13-17)25-11-9-21/h2,4-5,7-8,12-13,23H,3,6,9-11,14,21H2,1H3,(H,22,24). The molecule has 0 aliphatic rings. The highest BCUT2D eigenvalue weighted by molar-refractivity contribution is 5.78. The van der Waals surface area contributed by atoms with Gasteiger partial charge in [0.15, 0.2) is 11.5 Å². The highest BCUT2D eigenvalue weighted by Gasteiger charge is 2.07. The summed E-state index contributed by atoms with van der Waals surface area (Å²) in [6.45, 7) is 3.43. The van der Waals surface area contributed by atoms with E-state index in [1.807, 2.05) is 0 Å². The van der Waals surface area contributed by atoms with Crippen LogP contribution in [0.1, 0.15) is 23.1 Å². The van der Waals surface area contributed by atoms with Crippen molar-refractivity contribution in [3.63, 3.8) is 0 Å². The maximum atomic E-state index is 12.0. The predicted octanol–water partition coefficient (Wildman–Crippen LogP) is 2.33. The number of ether oxygens (including phenoxy) is 1. The van der Waals surface area contributed by atoms with Crippen LogP contribution in [0.3, 0.4) is 0 Å². The third-order valence-electron chi connectivity index (χ3n) is 3.81. The Morgan fingerprint density at radius 2 is 2.04 bits per heavy atom. The Kier molecular flexibility index (Phi) is 7.29. The third-order valence-corrected chi connectivity index (χ3v) is 3.81. The van der Waals surface area contributed by atoms with E-state index >= 15 is 0 Å². The molecule has 2 aromatic rings. The van der Waals surface area contributed by atoms with Gasteiger partial charge in [0.1, 0.15) is 6.61 Å². The summed E-state index contributed by atoms with van der Waals surface area (Å²) >= 11 is 0. The first-order valence-electron chi connectivity index (χ1n) is 8.55. The lowest BCUT2D eigenvalue weighted by atomic mass is 10.1. The van der Waals surface area contributed by atoms with E-state index in [0.717, 1.165) is 18.4 Å². The lowest BCUT2D eigenvalue weighted by Crippen LogP contribution is -2.26. The summed E-state index contributed by atoms with van der Waals surface area (Å²) in [7, 11) is 0. The first-order valence-corrected chi connectivity index (χ1v) is 8.55. The van der Waals surface area contributed by atoms with Crippen molar-refractivity contribution in [3.05, 3.63) is 59.2 Å². The van der Waals surface area contributed by atoms with Crippen LogP contribution in [0, 0.1) is 6.92 Å². The zero-order chi connectivity index (χ0) is 18.1. The van der Waals surface area contributed by atoms with Crippen LogP contribution in [-0.2, 0) is 17.6 Å². The molecule has 0 aliphatic carbocycles. The van der Waals surface area contributed by atoms with Gasteiger partial charge in [-0.15, -0.1) is 0 Å². The summed E-state index contributed by atoms with van der Waals surface area (Å²) in [6.07, 6.45) is 2.07. The van der Waals surface area contributed by atoms with Crippen molar-refractivity contribution in [3.8, 4) is 11.5 Å². The molecule has 0 atom stereocenters. The van der Waals surface area contributed by atoms with Gasteiger partial charge < -0.3 is 20.9 Å². The second-order valence-corrected chi connectivity index (χ2v) is 6.06. The van der Waals surface area contributed by atoms with E-state index in [0.29, 0.717) is 25.4 Å². The molecule has 0 aromatic heterocycles. The molecular formula is C20H26N2O3. The average molecular weight is 342 g/mol. The minimum atomic E-state index is -0.0562. The molecule has 0 saturated carbocycles. The summed E-state index contributed by atoms with van der Waals surface area (Å²) in [5.74, 6) is 0.352. The molecule has 0 aliphatic heterocycles. The van der Waals surface area contributed by atoms with E-state index in [1.54, 1.807) is 18.2 Å². The van der Waals surface area contributed by atoms with Gasteiger partial charge in [0.2, 0.25) is 5.91 Å². The largest absolute Gasteiger partial charge is 0.504 e. The summed E-state index contributed by atoms with van der Waals surface area (Å²) in [5, 5.41) is 12.8. The van der Waals surface area contributed by atoms with Crippen molar-refractivity contribution in [2.75, 3.05) is 19.7 Å². The van der Waals surface area contributed by atoms with E-state index in [9.17, 15) is 9.90 Å². The van der Waals surface area contributed by atoms with Gasteiger partial charge in [0.05, 0.1) is 6.42 Å². The zero-order valence-corrected chi connectivity index (χ0v) is 14.6. The number of aromatic hydroxyl groups is 1. The van der Waals surface area contributed by atoms with E-state index < -0.39 is 0 Å². The first kappa shape index (κ1) is 18.8. The van der Waals surface area contributed by atoms with Crippen LogP contribution in [0.2, 0.25) is 0 Å². The monoisotopic (exact) mass is 342 g/mol. The molecule has 0 bridgehead atoms. The fourth-order valence-electron chi connectivity index (χ4n) is 2.60. The molecule has 1 amide bonds. The lowest BCUT2D eigenvalue weighted by molar-refractivity contribution is -0.120. The number of rotatable bonds is 9. The lowest BCUT2D eigenvalue weighted by Gasteiger charge is -2.09. The number of phenols is 1. The van der Waals surface area contributed by atoms with Gasteiger partial charge in [-0.25, -0.2) is 0 Å². The first-order chi connectivity index (χ1) is 12.1. The number of hydrogen-bond acceptors (Lipinski definition) is 4. The highest BCUT2D eigenvalue weighted by atomic mass is 16.5. The molecule has 5 nitrogen and oxygen atoms in total. The third kappa shape index (κ3) is 6.47. The van der Waals surface area contributed by atoms with Gasteiger partial charge in [-0.3, -0.25) is 4.79 Å². The number of hydrogen-bond donors (Lipinski definition) is 3. The number of carbonyl (C=O) groups is 1. The normalized spacial score (nSPS) is 10.5. The molecule has 2 rings (SSSR count). The maximum Gasteiger partial charge on any atom is 0.224 e. The van der Waals surface area contributed by atoms with E-state index in [2.05, 4.69) is 36.5 Å². The number of amides is 1. The number of benzene rings is 2. The maximum absolute atomic E-state index is 12.0. The zero-order valence-electron chi connectivity index (χ0n) is 14.6. The number of nitrogens with one attached hydrogen (secondary N) is 1. The second kappa shape index (κ2) is 9.69. The van der Waals surface area contributed by atoms with Crippen LogP contribution in [0.5, 0.6) is 11.5 Å². The Morgan fingerprint density at radius 3 is 2.76 bits per heavy atom. The molecule has 5 heteroatoms. The Bertz CT molecular complexity index is 701. The molecule has 4 N–H and O–H groups in total. The number of nitrogens with two attached hydrogens (primary N) is 1. The summed E-state index contributed by atoms with van der Waals surface area (Å²) in [5.41, 5.74) is 8.64. The quantitative estimate of drug-likeness (QED) is 0.611. The number of phenolic OH excluding ortho intramolecular Hbond substituents is 1. The van der Waals surface area contributed by atoms with Gasteiger partial charge >= 0.3 is 0 Å². The highest BCUT2D eigenvalue weighted by Crippen LogP contribution is 2.26. The van der Waals surface area contributed by atoms with Crippen molar-refractivity contribution >= 4 is 5.91 Å². The number of carbonyl (C=O) groups excluding carboxylic acids is 1. The van der Waals surface area contributed by atoms with Crippen molar-refractivity contribution in [2.24, 2.45) is 5.73 Å². The molecule has 0 radical (unpaired) electrons. The number of aryl methyl sites for hydroxylation is 2. The van der Waals surface area contributed by atoms with Crippen LogP contribution in [-0.4, -0.2) is 30.7 Å². The molecule has 0 saturated heterocycles. The molecule has 25 heavy (non-hydrogen) atoms. The van der Waals surface area contributed by atoms with Gasteiger partial charge in [0, 0.05) is 13.1 Å². The van der Waals surface area contributed by atoms with Crippen LogP contribution in [0.4, 0.5) is 0 Å². The molecule has 2 aromatic carbocycles. The van der Waals surface area contributed by atoms with Gasteiger partial charge in [-0.05, 0) is 43.0 Å². The van der Waals surface area contributed by atoms with E-state index in [4.69, 9.17) is 10.5 Å². The molecule has 0 unspecified atom stereocenters. The topological polar surface area (TPSA) is 84.6 Å². The van der Waals surface area contributed by atoms with Gasteiger partial charge in [-0.2, -0.15) is 0 Å². The fourth-order valence-corrected chi connectivity index (χ4v) is 2.60. The Balaban J connectivity index is 1.73. The van der Waals surface area contributed by atoms with Crippen LogP contribution in [0.15, 0.2) is 42.5 Å². The second-order valence-electron chi connectivity index (χ2n) is 6.06. The Labute approximate surface area is 148 Å². The average Bonchev–Trinajstić information content (AvgIpc) is 2.58. The Morgan fingerprint density at radius 1 is 1.20 bits per heavy atom. The molecule has 134 valence electrons. The predicted molar refractivity (Wildman–Crippen MR) is 98.9 cm³/mol. The SMILES string of the molecule is Cc1cccc(CCCNC(=O)Cc2ccc(OCCN)c(O)c2)c1. The van der Waals surface area contributed by atoms with Crippen LogP contribution in [0.25, 0.3) is 0 Å². The van der Waals surface area contributed by atoms with E-state index in [1.165, 1.54) is 11.1 Å². The minimum absolute atomic E-state index is 0.0261. The summed E-state index contributed by atoms with van der Waals surface area (Å²) < 4.78 is 5.30. The molecule has 0 spiro atoms. The van der Waals surface area contributed by atoms with Gasteiger partial charge in [-0.1, -0.05) is 35.9 Å². The van der Waals surface area contributed by atoms with Crippen molar-refractivity contribution < 1.29 is 14.6 Å². The summed E-state index contributed by atoms with van der Waals surface area (Å²) in [4.78, 5) is 12.0. The molecule has 0 heterocycles. The van der Waals surface area contributed by atoms with Gasteiger partial charge in [0.25, 0.3) is 0 Å². The molecule has 0 fully saturated rings. The summed E-state index contributed by atoms with van der Waals surface area (Å²) in [6, 6.07) is 13.4. The van der Waals surface area contributed by atoms with Crippen molar-refractivity contribution in [2.45, 2.75) is 26.2 Å². The van der Waals surface area contributed by atoms with Crippen molar-refractivity contribution in [1.82, 2.24) is 5.32 Å². The molecular weight excluding hydrogens is 316 g/mol. The fraction of sp³-hybridized carbons (Fsp3) is 0.350. The van der Waals surface area contributed by atoms with Crippen molar-refractivity contribution in [1.29, 1.82) is 0 Å². The minimum Gasteiger partial charge on any atom is -0.504 e. The van der Waals surface area contributed by atoms with Crippen LogP contribution < -0.4 is 15.8 Å². The van der Waals surface area contributed by atoms with Crippen LogP contribution >= 0.6 is 0 Å².